The van der Waals surface area contributed by atoms with E-state index in [9.17, 15) is 9.59 Å². The largest absolute Gasteiger partial charge is 0.497 e. The molecule has 2 amide bonds. The third-order valence-electron chi connectivity index (χ3n) is 4.31. The lowest BCUT2D eigenvalue weighted by Crippen LogP contribution is -2.42. The zero-order chi connectivity index (χ0) is 23.8. The van der Waals surface area contributed by atoms with Gasteiger partial charge in [-0.15, -0.1) is 10.2 Å². The number of benzene rings is 2. The Morgan fingerprint density at radius 3 is 2.15 bits per heavy atom. The van der Waals surface area contributed by atoms with Gasteiger partial charge in [-0.1, -0.05) is 11.8 Å². The van der Waals surface area contributed by atoms with Gasteiger partial charge < -0.3 is 23.4 Å². The van der Waals surface area contributed by atoms with Crippen LogP contribution in [0, 0.1) is 0 Å². The monoisotopic (exact) mass is 474 g/mol. The Bertz CT molecular complexity index is 1090. The standard InChI is InChI=1S/C21H22N4O7S/c1-28-14-7-5-12(6-8-14)20-24-25-21(32-20)33-11-17(26)22-23-19(27)13-9-15(29-2)18(31-4)16(10-13)30-3/h5-10H,11H2,1-4H3,(H,22,26)(H,23,27). The summed E-state index contributed by atoms with van der Waals surface area (Å²) in [5.74, 6) is 0.915. The quantitative estimate of drug-likeness (QED) is 0.351. The Kier molecular flexibility index (Phi) is 7.97. The van der Waals surface area contributed by atoms with E-state index in [2.05, 4.69) is 21.0 Å². The summed E-state index contributed by atoms with van der Waals surface area (Å²) in [4.78, 5) is 24.6. The van der Waals surface area contributed by atoms with Crippen LogP contribution in [0.15, 0.2) is 46.0 Å². The predicted molar refractivity (Wildman–Crippen MR) is 119 cm³/mol. The number of carbonyl (C=O) groups is 2. The minimum atomic E-state index is -0.563. The van der Waals surface area contributed by atoms with E-state index in [1.165, 1.54) is 33.5 Å². The number of methoxy groups -OCH3 is 4. The van der Waals surface area contributed by atoms with Crippen molar-refractivity contribution in [2.45, 2.75) is 5.22 Å². The summed E-state index contributed by atoms with van der Waals surface area (Å²) in [6.45, 7) is 0. The molecule has 11 nitrogen and oxygen atoms in total. The topological polar surface area (TPSA) is 134 Å². The molecule has 3 aromatic rings. The molecule has 0 radical (unpaired) electrons. The second-order valence-electron chi connectivity index (χ2n) is 6.31. The van der Waals surface area contributed by atoms with E-state index in [4.69, 9.17) is 23.4 Å². The van der Waals surface area contributed by atoms with Crippen LogP contribution < -0.4 is 29.8 Å². The molecular weight excluding hydrogens is 452 g/mol. The molecule has 0 saturated heterocycles. The first-order valence-electron chi connectivity index (χ1n) is 9.49. The van der Waals surface area contributed by atoms with E-state index in [0.29, 0.717) is 28.9 Å². The molecule has 0 bridgehead atoms. The van der Waals surface area contributed by atoms with Gasteiger partial charge in [0.2, 0.25) is 17.5 Å². The van der Waals surface area contributed by atoms with Crippen LogP contribution in [-0.4, -0.2) is 56.2 Å². The SMILES string of the molecule is COc1ccc(-c2nnc(SCC(=O)NNC(=O)c3cc(OC)c(OC)c(OC)c3)o2)cc1. The van der Waals surface area contributed by atoms with Crippen LogP contribution in [0.25, 0.3) is 11.5 Å². The number of rotatable bonds is 9. The van der Waals surface area contributed by atoms with E-state index < -0.39 is 11.8 Å². The van der Waals surface area contributed by atoms with Gasteiger partial charge in [0.15, 0.2) is 11.5 Å². The zero-order valence-corrected chi connectivity index (χ0v) is 19.1. The first kappa shape index (κ1) is 23.7. The molecule has 2 N–H and O–H groups in total. The van der Waals surface area contributed by atoms with Gasteiger partial charge >= 0.3 is 0 Å². The summed E-state index contributed by atoms with van der Waals surface area (Å²) in [7, 11) is 5.92. The van der Waals surface area contributed by atoms with Crippen molar-refractivity contribution in [2.75, 3.05) is 34.2 Å². The highest BCUT2D eigenvalue weighted by Gasteiger charge is 2.18. The van der Waals surface area contributed by atoms with Crippen molar-refractivity contribution in [3.8, 4) is 34.5 Å². The van der Waals surface area contributed by atoms with Gasteiger partial charge in [-0.05, 0) is 36.4 Å². The van der Waals surface area contributed by atoms with Gasteiger partial charge in [0.1, 0.15) is 5.75 Å². The molecule has 174 valence electrons. The number of ether oxygens (including phenoxy) is 4. The second-order valence-corrected chi connectivity index (χ2v) is 7.23. The van der Waals surface area contributed by atoms with Crippen LogP contribution in [0.1, 0.15) is 10.4 Å². The molecule has 0 atom stereocenters. The van der Waals surface area contributed by atoms with Gasteiger partial charge in [-0.3, -0.25) is 20.4 Å². The Labute approximate surface area is 193 Å². The highest BCUT2D eigenvalue weighted by molar-refractivity contribution is 7.99. The lowest BCUT2D eigenvalue weighted by Gasteiger charge is -2.14. The third-order valence-corrected chi connectivity index (χ3v) is 5.13. The number of aromatic nitrogens is 2. The molecule has 33 heavy (non-hydrogen) atoms. The minimum Gasteiger partial charge on any atom is -0.497 e. The molecule has 0 spiro atoms. The first-order valence-corrected chi connectivity index (χ1v) is 10.5. The predicted octanol–water partition coefficient (Wildman–Crippen LogP) is 2.32. The maximum Gasteiger partial charge on any atom is 0.277 e. The molecule has 3 rings (SSSR count). The fourth-order valence-corrected chi connectivity index (χ4v) is 3.26. The van der Waals surface area contributed by atoms with E-state index in [-0.39, 0.29) is 16.5 Å². The summed E-state index contributed by atoms with van der Waals surface area (Å²) in [6, 6.07) is 10.1. The molecule has 12 heteroatoms. The van der Waals surface area contributed by atoms with E-state index >= 15 is 0 Å². The fourth-order valence-electron chi connectivity index (χ4n) is 2.69. The van der Waals surface area contributed by atoms with Gasteiger partial charge in [-0.2, -0.15) is 0 Å². The lowest BCUT2D eigenvalue weighted by atomic mass is 10.1. The van der Waals surface area contributed by atoms with Crippen LogP contribution in [-0.2, 0) is 4.79 Å². The number of nitrogens with one attached hydrogen (secondary N) is 2. The molecule has 0 unspecified atom stereocenters. The van der Waals surface area contributed by atoms with Crippen LogP contribution in [0.3, 0.4) is 0 Å². The van der Waals surface area contributed by atoms with Crippen molar-refractivity contribution in [1.29, 1.82) is 0 Å². The molecule has 0 fully saturated rings. The number of hydrazine groups is 1. The Morgan fingerprint density at radius 2 is 1.58 bits per heavy atom. The third kappa shape index (κ3) is 5.86. The molecular formula is C21H22N4O7S. The average Bonchev–Trinajstić information content (AvgIpc) is 3.34. The number of hydrogen-bond acceptors (Lipinski definition) is 10. The minimum absolute atomic E-state index is 0.0558. The summed E-state index contributed by atoms with van der Waals surface area (Å²) >= 11 is 1.03. The summed E-state index contributed by atoms with van der Waals surface area (Å²) in [5, 5.41) is 8.09. The average molecular weight is 474 g/mol. The van der Waals surface area contributed by atoms with Crippen LogP contribution >= 0.6 is 11.8 Å². The normalized spacial score (nSPS) is 10.3. The highest BCUT2D eigenvalue weighted by Crippen LogP contribution is 2.38. The van der Waals surface area contributed by atoms with Crippen molar-refractivity contribution in [2.24, 2.45) is 0 Å². The smallest absolute Gasteiger partial charge is 0.277 e. The summed E-state index contributed by atoms with van der Waals surface area (Å²) in [5.41, 5.74) is 5.59. The maximum atomic E-state index is 12.4. The molecule has 2 aromatic carbocycles. The van der Waals surface area contributed by atoms with Gasteiger partial charge in [-0.25, -0.2) is 0 Å². The molecule has 0 aliphatic carbocycles. The Hall–Kier alpha value is -3.93. The van der Waals surface area contributed by atoms with E-state index in [0.717, 1.165) is 17.3 Å². The molecule has 0 aliphatic rings. The number of carbonyl (C=O) groups excluding carboxylic acids is 2. The van der Waals surface area contributed by atoms with E-state index in [1.54, 1.807) is 31.4 Å². The summed E-state index contributed by atoms with van der Waals surface area (Å²) < 4.78 is 26.3. The number of hydrogen-bond donors (Lipinski definition) is 2. The highest BCUT2D eigenvalue weighted by atomic mass is 32.2. The van der Waals surface area contributed by atoms with Crippen molar-refractivity contribution in [3.05, 3.63) is 42.0 Å². The Morgan fingerprint density at radius 1 is 0.909 bits per heavy atom. The van der Waals surface area contributed by atoms with E-state index in [1.807, 2.05) is 0 Å². The molecule has 0 saturated carbocycles. The molecule has 1 aromatic heterocycles. The maximum absolute atomic E-state index is 12.4. The Balaban J connectivity index is 1.53. The first-order chi connectivity index (χ1) is 16.0. The van der Waals surface area contributed by atoms with Gasteiger partial charge in [0, 0.05) is 11.1 Å². The number of amides is 2. The van der Waals surface area contributed by atoms with Crippen LogP contribution in [0.2, 0.25) is 0 Å². The van der Waals surface area contributed by atoms with Crippen LogP contribution in [0.4, 0.5) is 0 Å². The fraction of sp³-hybridized carbons (Fsp3) is 0.238. The zero-order valence-electron chi connectivity index (χ0n) is 18.3. The van der Waals surface area contributed by atoms with Crippen molar-refractivity contribution < 1.29 is 33.0 Å². The molecule has 1 heterocycles. The van der Waals surface area contributed by atoms with Crippen molar-refractivity contribution >= 4 is 23.6 Å². The lowest BCUT2D eigenvalue weighted by molar-refractivity contribution is -0.119. The second kappa shape index (κ2) is 11.1. The number of nitrogens with zero attached hydrogens (tertiary/aromatic N) is 2. The number of thioether (sulfide) groups is 1. The summed E-state index contributed by atoms with van der Waals surface area (Å²) in [6.07, 6.45) is 0. The molecule has 0 aliphatic heterocycles. The van der Waals surface area contributed by atoms with Gasteiger partial charge in [0.25, 0.3) is 11.1 Å². The van der Waals surface area contributed by atoms with Crippen molar-refractivity contribution in [1.82, 2.24) is 21.0 Å². The van der Waals surface area contributed by atoms with Crippen molar-refractivity contribution in [3.63, 3.8) is 0 Å². The van der Waals surface area contributed by atoms with Crippen LogP contribution in [0.5, 0.6) is 23.0 Å². The van der Waals surface area contributed by atoms with Gasteiger partial charge in [0.05, 0.1) is 34.2 Å².